The molecule has 0 aliphatic heterocycles. The van der Waals surface area contributed by atoms with E-state index in [4.69, 9.17) is 10.5 Å². The molecule has 2 rings (SSSR count). The maximum Gasteiger partial charge on any atom is 0.277 e. The third-order valence-electron chi connectivity index (χ3n) is 3.74. The van der Waals surface area contributed by atoms with Gasteiger partial charge in [0.15, 0.2) is 6.61 Å². The van der Waals surface area contributed by atoms with Gasteiger partial charge in [0.1, 0.15) is 5.75 Å². The van der Waals surface area contributed by atoms with Crippen LogP contribution in [0.15, 0.2) is 52.0 Å². The van der Waals surface area contributed by atoms with Gasteiger partial charge in [-0.3, -0.25) is 14.4 Å². The van der Waals surface area contributed by atoms with Crippen molar-refractivity contribution in [2.75, 3.05) is 11.9 Å². The number of anilines is 1. The van der Waals surface area contributed by atoms with Gasteiger partial charge in [-0.1, -0.05) is 15.9 Å². The van der Waals surface area contributed by atoms with Crippen LogP contribution < -0.4 is 21.2 Å². The largest absolute Gasteiger partial charge is 0.483 e. The molecule has 2 aromatic carbocycles. The third kappa shape index (κ3) is 7.38. The molecule has 0 saturated heterocycles. The average molecular weight is 461 g/mol. The number of amides is 3. The molecule has 3 amide bonds. The van der Waals surface area contributed by atoms with Crippen LogP contribution in [0, 0.1) is 6.92 Å². The van der Waals surface area contributed by atoms with E-state index in [1.807, 2.05) is 19.1 Å². The Hall–Kier alpha value is -3.20. The van der Waals surface area contributed by atoms with Gasteiger partial charge < -0.3 is 15.8 Å². The molecule has 9 heteroatoms. The van der Waals surface area contributed by atoms with Crippen LogP contribution in [0.5, 0.6) is 5.75 Å². The first-order valence-electron chi connectivity index (χ1n) is 8.65. The zero-order valence-corrected chi connectivity index (χ0v) is 17.6. The highest BCUT2D eigenvalue weighted by Gasteiger charge is 2.08. The first-order chi connectivity index (χ1) is 13.7. The summed E-state index contributed by atoms with van der Waals surface area (Å²) >= 11 is 3.36. The Balaban J connectivity index is 1.78. The Morgan fingerprint density at radius 3 is 2.41 bits per heavy atom. The number of aryl methyl sites for hydroxylation is 1. The monoisotopic (exact) mass is 460 g/mol. The average Bonchev–Trinajstić information content (AvgIpc) is 2.66. The number of nitrogens with zero attached hydrogens (tertiary/aromatic N) is 1. The van der Waals surface area contributed by atoms with Crippen molar-refractivity contribution in [1.82, 2.24) is 5.43 Å². The van der Waals surface area contributed by atoms with E-state index in [1.165, 1.54) is 12.1 Å². The number of primary amides is 1. The van der Waals surface area contributed by atoms with Crippen molar-refractivity contribution in [3.63, 3.8) is 0 Å². The quantitative estimate of drug-likeness (QED) is 0.413. The standard InChI is InChI=1S/C20H21BrN4O4/c1-12-9-15(21)5-8-17(12)29-11-19(27)25-24-13(2)10-18(26)23-16-6-3-14(4-7-16)20(22)28/h3-9H,10-11H2,1-2H3,(H2,22,28)(H,23,26)(H,25,27)/b24-13-. The van der Waals surface area contributed by atoms with E-state index in [1.54, 1.807) is 25.1 Å². The van der Waals surface area contributed by atoms with Gasteiger partial charge in [0, 0.05) is 21.4 Å². The predicted molar refractivity (Wildman–Crippen MR) is 114 cm³/mol. The number of hydrazone groups is 1. The van der Waals surface area contributed by atoms with E-state index in [-0.39, 0.29) is 18.9 Å². The number of halogens is 1. The molecule has 0 radical (unpaired) electrons. The topological polar surface area (TPSA) is 123 Å². The Labute approximate surface area is 176 Å². The molecule has 8 nitrogen and oxygen atoms in total. The summed E-state index contributed by atoms with van der Waals surface area (Å²) < 4.78 is 6.38. The van der Waals surface area contributed by atoms with Crippen molar-refractivity contribution in [2.24, 2.45) is 10.8 Å². The summed E-state index contributed by atoms with van der Waals surface area (Å²) in [5.74, 6) is -0.685. The zero-order valence-electron chi connectivity index (χ0n) is 16.0. The van der Waals surface area contributed by atoms with Crippen molar-refractivity contribution in [1.29, 1.82) is 0 Å². The van der Waals surface area contributed by atoms with Crippen molar-refractivity contribution in [3.05, 3.63) is 58.1 Å². The van der Waals surface area contributed by atoms with Gasteiger partial charge in [-0.2, -0.15) is 5.10 Å². The Bertz CT molecular complexity index is 942. The Morgan fingerprint density at radius 1 is 1.10 bits per heavy atom. The van der Waals surface area contributed by atoms with Crippen molar-refractivity contribution in [2.45, 2.75) is 20.3 Å². The predicted octanol–water partition coefficient (Wildman–Crippen LogP) is 2.76. The van der Waals surface area contributed by atoms with E-state index in [0.717, 1.165) is 10.0 Å². The van der Waals surface area contributed by atoms with Crippen LogP contribution in [-0.2, 0) is 9.59 Å². The summed E-state index contributed by atoms with van der Waals surface area (Å²) in [6.07, 6.45) is -0.00940. The minimum Gasteiger partial charge on any atom is -0.483 e. The molecule has 2 aromatic rings. The van der Waals surface area contributed by atoms with Crippen LogP contribution in [0.1, 0.15) is 29.3 Å². The minimum atomic E-state index is -0.541. The highest BCUT2D eigenvalue weighted by atomic mass is 79.9. The number of rotatable bonds is 8. The molecule has 0 saturated carbocycles. The summed E-state index contributed by atoms with van der Waals surface area (Å²) in [4.78, 5) is 34.9. The van der Waals surface area contributed by atoms with Gasteiger partial charge in [0.2, 0.25) is 11.8 Å². The second-order valence-corrected chi connectivity index (χ2v) is 7.16. The molecule has 0 heterocycles. The fraction of sp³-hybridized carbons (Fsp3) is 0.200. The highest BCUT2D eigenvalue weighted by Crippen LogP contribution is 2.21. The normalized spacial score (nSPS) is 10.9. The van der Waals surface area contributed by atoms with Crippen LogP contribution in [0.2, 0.25) is 0 Å². The fourth-order valence-corrected chi connectivity index (χ4v) is 2.78. The smallest absolute Gasteiger partial charge is 0.277 e. The van der Waals surface area contributed by atoms with Gasteiger partial charge in [-0.15, -0.1) is 0 Å². The summed E-state index contributed by atoms with van der Waals surface area (Å²) in [7, 11) is 0. The van der Waals surface area contributed by atoms with E-state index < -0.39 is 11.8 Å². The van der Waals surface area contributed by atoms with Crippen LogP contribution in [-0.4, -0.2) is 30.0 Å². The third-order valence-corrected chi connectivity index (χ3v) is 4.23. The summed E-state index contributed by atoms with van der Waals surface area (Å²) in [5.41, 5.74) is 9.72. The molecule has 0 fully saturated rings. The molecule has 29 heavy (non-hydrogen) atoms. The number of nitrogens with one attached hydrogen (secondary N) is 2. The minimum absolute atomic E-state index is 0.00940. The summed E-state index contributed by atoms with van der Waals surface area (Å²) in [6, 6.07) is 11.7. The SMILES string of the molecule is C/C(CC(=O)Nc1ccc(C(N)=O)cc1)=N/NC(=O)COc1ccc(Br)cc1C. The van der Waals surface area contributed by atoms with Crippen molar-refractivity contribution in [3.8, 4) is 5.75 Å². The van der Waals surface area contributed by atoms with E-state index >= 15 is 0 Å². The number of ether oxygens (including phenoxy) is 1. The molecule has 0 spiro atoms. The van der Waals surface area contributed by atoms with Crippen LogP contribution in [0.25, 0.3) is 0 Å². The number of carbonyl (C=O) groups is 3. The Kier molecular flexibility index (Phi) is 7.90. The second kappa shape index (κ2) is 10.4. The van der Waals surface area contributed by atoms with Gasteiger partial charge in [0.25, 0.3) is 5.91 Å². The molecule has 0 atom stereocenters. The number of hydrogen-bond acceptors (Lipinski definition) is 5. The van der Waals surface area contributed by atoms with Crippen molar-refractivity contribution < 1.29 is 19.1 Å². The van der Waals surface area contributed by atoms with Gasteiger partial charge in [-0.25, -0.2) is 5.43 Å². The zero-order chi connectivity index (χ0) is 21.4. The second-order valence-electron chi connectivity index (χ2n) is 6.25. The number of nitrogens with two attached hydrogens (primary N) is 1. The molecular formula is C20H21BrN4O4. The number of hydrogen-bond donors (Lipinski definition) is 3. The van der Waals surface area contributed by atoms with Gasteiger partial charge in [-0.05, 0) is 61.9 Å². The fourth-order valence-electron chi connectivity index (χ4n) is 2.30. The lowest BCUT2D eigenvalue weighted by molar-refractivity contribution is -0.123. The lowest BCUT2D eigenvalue weighted by atomic mass is 10.2. The molecule has 0 unspecified atom stereocenters. The Morgan fingerprint density at radius 2 is 1.79 bits per heavy atom. The van der Waals surface area contributed by atoms with Crippen LogP contribution >= 0.6 is 15.9 Å². The lowest BCUT2D eigenvalue weighted by Crippen LogP contribution is -2.26. The first kappa shape index (κ1) is 22.1. The molecule has 0 aliphatic carbocycles. The molecule has 0 aliphatic rings. The van der Waals surface area contributed by atoms with Crippen molar-refractivity contribution >= 4 is 45.1 Å². The molecule has 4 N–H and O–H groups in total. The summed E-state index contributed by atoms with van der Waals surface area (Å²) in [6.45, 7) is 3.30. The maximum atomic E-state index is 12.0. The lowest BCUT2D eigenvalue weighted by Gasteiger charge is -2.09. The van der Waals surface area contributed by atoms with E-state index in [0.29, 0.717) is 22.7 Å². The number of carbonyl (C=O) groups excluding carboxylic acids is 3. The summed E-state index contributed by atoms with van der Waals surface area (Å²) in [5, 5.41) is 6.57. The molecule has 152 valence electrons. The maximum absolute atomic E-state index is 12.0. The van der Waals surface area contributed by atoms with Gasteiger partial charge in [0.05, 0.1) is 6.42 Å². The van der Waals surface area contributed by atoms with Gasteiger partial charge >= 0.3 is 0 Å². The van der Waals surface area contributed by atoms with E-state index in [2.05, 4.69) is 31.8 Å². The van der Waals surface area contributed by atoms with E-state index in [9.17, 15) is 14.4 Å². The first-order valence-corrected chi connectivity index (χ1v) is 9.44. The molecule has 0 bridgehead atoms. The van der Waals surface area contributed by atoms with Crippen LogP contribution in [0.3, 0.4) is 0 Å². The number of benzene rings is 2. The molecular weight excluding hydrogens is 440 g/mol. The van der Waals surface area contributed by atoms with Crippen LogP contribution in [0.4, 0.5) is 5.69 Å². The molecule has 0 aromatic heterocycles. The highest BCUT2D eigenvalue weighted by molar-refractivity contribution is 9.10.